The van der Waals surface area contributed by atoms with E-state index in [1.165, 1.54) is 43.7 Å². The monoisotopic (exact) mass is 423 g/mol. The van der Waals surface area contributed by atoms with Crippen molar-refractivity contribution in [1.29, 1.82) is 0 Å². The summed E-state index contributed by atoms with van der Waals surface area (Å²) in [6.07, 6.45) is 1.41. The van der Waals surface area contributed by atoms with Gasteiger partial charge in [0.1, 0.15) is 12.4 Å². The molecule has 0 fully saturated rings. The van der Waals surface area contributed by atoms with E-state index in [4.69, 9.17) is 9.47 Å². The molecule has 0 amide bonds. The highest BCUT2D eigenvalue weighted by molar-refractivity contribution is 5.83. The quantitative estimate of drug-likeness (QED) is 0.298. The molecule has 0 aliphatic heterocycles. The summed E-state index contributed by atoms with van der Waals surface area (Å²) < 4.78 is 24.1. The van der Waals surface area contributed by atoms with Crippen molar-refractivity contribution in [3.63, 3.8) is 0 Å². The second-order valence-corrected chi connectivity index (χ2v) is 6.92. The molecule has 0 spiro atoms. The highest BCUT2D eigenvalue weighted by Crippen LogP contribution is 2.38. The molecule has 3 rings (SSSR count). The molecule has 0 heterocycles. The fourth-order valence-electron chi connectivity index (χ4n) is 2.93. The Morgan fingerprint density at radius 3 is 2.55 bits per heavy atom. The van der Waals surface area contributed by atoms with Crippen molar-refractivity contribution in [3.8, 4) is 11.5 Å². The van der Waals surface area contributed by atoms with Crippen LogP contribution in [0.1, 0.15) is 22.3 Å². The summed E-state index contributed by atoms with van der Waals surface area (Å²) in [7, 11) is 1.42. The van der Waals surface area contributed by atoms with Gasteiger partial charge in [0.25, 0.3) is 0 Å². The lowest BCUT2D eigenvalue weighted by atomic mass is 10.1. The van der Waals surface area contributed by atoms with Crippen LogP contribution in [-0.2, 0) is 6.61 Å². The summed E-state index contributed by atoms with van der Waals surface area (Å²) in [5.41, 5.74) is 6.57. The van der Waals surface area contributed by atoms with Crippen LogP contribution in [0.4, 0.5) is 15.8 Å². The molecule has 0 bridgehead atoms. The number of anilines is 1. The van der Waals surface area contributed by atoms with Gasteiger partial charge >= 0.3 is 5.69 Å². The number of ether oxygens (including phenoxy) is 2. The molecule has 7 nitrogen and oxygen atoms in total. The van der Waals surface area contributed by atoms with E-state index in [0.717, 1.165) is 16.7 Å². The van der Waals surface area contributed by atoms with E-state index in [1.807, 2.05) is 32.0 Å². The maximum atomic E-state index is 13.0. The first-order valence-corrected chi connectivity index (χ1v) is 9.47. The number of nitrogens with zero attached hydrogens (tertiary/aromatic N) is 2. The van der Waals surface area contributed by atoms with Gasteiger partial charge in [0.2, 0.25) is 5.75 Å². The lowest BCUT2D eigenvalue weighted by Crippen LogP contribution is -2.04. The van der Waals surface area contributed by atoms with Gasteiger partial charge in [-0.05, 0) is 55.3 Å². The zero-order chi connectivity index (χ0) is 22.4. The smallest absolute Gasteiger partial charge is 0.315 e. The second-order valence-electron chi connectivity index (χ2n) is 6.92. The van der Waals surface area contributed by atoms with E-state index in [0.29, 0.717) is 11.3 Å². The number of nitro groups is 1. The lowest BCUT2D eigenvalue weighted by Gasteiger charge is -2.13. The van der Waals surface area contributed by atoms with E-state index in [9.17, 15) is 14.5 Å². The summed E-state index contributed by atoms with van der Waals surface area (Å²) in [6.45, 7) is 4.10. The number of benzene rings is 3. The largest absolute Gasteiger partial charge is 0.493 e. The third-order valence-corrected chi connectivity index (χ3v) is 4.60. The van der Waals surface area contributed by atoms with Gasteiger partial charge in [0.15, 0.2) is 5.75 Å². The summed E-state index contributed by atoms with van der Waals surface area (Å²) in [5, 5.41) is 15.7. The predicted octanol–water partition coefficient (Wildman–Crippen LogP) is 5.38. The maximum Gasteiger partial charge on any atom is 0.315 e. The Balaban J connectivity index is 1.84. The van der Waals surface area contributed by atoms with Crippen molar-refractivity contribution in [2.75, 3.05) is 12.5 Å². The highest BCUT2D eigenvalue weighted by atomic mass is 19.1. The Morgan fingerprint density at radius 2 is 1.87 bits per heavy atom. The van der Waals surface area contributed by atoms with E-state index in [1.54, 1.807) is 6.07 Å². The number of halogens is 1. The van der Waals surface area contributed by atoms with Crippen molar-refractivity contribution in [3.05, 3.63) is 92.8 Å². The fraction of sp³-hybridized carbons (Fsp3) is 0.174. The third-order valence-electron chi connectivity index (χ3n) is 4.60. The first-order chi connectivity index (χ1) is 14.9. The Hall–Kier alpha value is -3.94. The van der Waals surface area contributed by atoms with Crippen LogP contribution < -0.4 is 14.9 Å². The summed E-state index contributed by atoms with van der Waals surface area (Å²) in [4.78, 5) is 11.2. The second kappa shape index (κ2) is 9.71. The van der Waals surface area contributed by atoms with E-state index in [2.05, 4.69) is 10.5 Å². The number of hydrogen-bond acceptors (Lipinski definition) is 6. The molecule has 0 saturated carbocycles. The molecule has 0 atom stereocenters. The average molecular weight is 423 g/mol. The standard InChI is InChI=1S/C23H22FN3O4/c1-15-4-5-16(2)18(10-15)14-31-23-21(27(28)29)11-17(12-22(23)30-3)13-25-26-20-8-6-19(24)7-9-20/h4-13,26H,14H2,1-3H3/b25-13+. The van der Waals surface area contributed by atoms with Gasteiger partial charge in [0, 0.05) is 11.6 Å². The minimum absolute atomic E-state index is 0.0528. The number of methoxy groups -OCH3 is 1. The van der Waals surface area contributed by atoms with Gasteiger partial charge in [0.05, 0.1) is 23.9 Å². The van der Waals surface area contributed by atoms with Gasteiger partial charge in [-0.1, -0.05) is 23.8 Å². The fourth-order valence-corrected chi connectivity index (χ4v) is 2.93. The van der Waals surface area contributed by atoms with E-state index in [-0.39, 0.29) is 29.6 Å². The van der Waals surface area contributed by atoms with Gasteiger partial charge in [-0.2, -0.15) is 5.10 Å². The molecule has 0 saturated heterocycles. The molecular weight excluding hydrogens is 401 g/mol. The summed E-state index contributed by atoms with van der Waals surface area (Å²) in [5.74, 6) is -0.0777. The molecular formula is C23H22FN3O4. The Kier molecular flexibility index (Phi) is 6.81. The van der Waals surface area contributed by atoms with Crippen LogP contribution >= 0.6 is 0 Å². The van der Waals surface area contributed by atoms with Crippen LogP contribution in [-0.4, -0.2) is 18.2 Å². The van der Waals surface area contributed by atoms with Gasteiger partial charge in [-0.15, -0.1) is 0 Å². The number of aryl methyl sites for hydroxylation is 2. The minimum Gasteiger partial charge on any atom is -0.493 e. The number of nitrogens with one attached hydrogen (secondary N) is 1. The number of nitro benzene ring substituents is 1. The summed E-state index contributed by atoms with van der Waals surface area (Å²) >= 11 is 0. The van der Waals surface area contributed by atoms with Crippen molar-refractivity contribution < 1.29 is 18.8 Å². The number of hydrogen-bond donors (Lipinski definition) is 1. The van der Waals surface area contributed by atoms with Gasteiger partial charge in [-0.3, -0.25) is 15.5 Å². The topological polar surface area (TPSA) is 86.0 Å². The lowest BCUT2D eigenvalue weighted by molar-refractivity contribution is -0.386. The number of hydrazone groups is 1. The molecule has 160 valence electrons. The molecule has 31 heavy (non-hydrogen) atoms. The van der Waals surface area contributed by atoms with Crippen LogP contribution in [0.3, 0.4) is 0 Å². The minimum atomic E-state index is -0.522. The van der Waals surface area contributed by atoms with Crippen LogP contribution in [0.15, 0.2) is 59.7 Å². The van der Waals surface area contributed by atoms with Crippen LogP contribution in [0, 0.1) is 29.8 Å². The molecule has 0 aliphatic rings. The van der Waals surface area contributed by atoms with Gasteiger partial charge in [-0.25, -0.2) is 4.39 Å². The van der Waals surface area contributed by atoms with E-state index >= 15 is 0 Å². The molecule has 8 heteroatoms. The molecule has 3 aromatic carbocycles. The molecule has 1 N–H and O–H groups in total. The zero-order valence-electron chi connectivity index (χ0n) is 17.4. The van der Waals surface area contributed by atoms with Crippen molar-refractivity contribution in [2.45, 2.75) is 20.5 Å². The van der Waals surface area contributed by atoms with Crippen molar-refractivity contribution in [2.24, 2.45) is 5.10 Å². The SMILES string of the molecule is COc1cc(/C=N/Nc2ccc(F)cc2)cc([N+](=O)[O-])c1OCc1cc(C)ccc1C. The highest BCUT2D eigenvalue weighted by Gasteiger charge is 2.22. The normalized spacial score (nSPS) is 10.8. The summed E-state index contributed by atoms with van der Waals surface area (Å²) in [6, 6.07) is 14.6. The first-order valence-electron chi connectivity index (χ1n) is 9.47. The molecule has 0 radical (unpaired) electrons. The Morgan fingerprint density at radius 1 is 1.13 bits per heavy atom. The zero-order valence-corrected chi connectivity index (χ0v) is 17.4. The Bertz CT molecular complexity index is 1110. The van der Waals surface area contributed by atoms with Crippen LogP contribution in [0.2, 0.25) is 0 Å². The predicted molar refractivity (Wildman–Crippen MR) is 118 cm³/mol. The Labute approximate surface area is 179 Å². The maximum absolute atomic E-state index is 13.0. The van der Waals surface area contributed by atoms with Crippen molar-refractivity contribution in [1.82, 2.24) is 0 Å². The van der Waals surface area contributed by atoms with Gasteiger partial charge < -0.3 is 9.47 Å². The molecule has 0 aliphatic carbocycles. The number of rotatable bonds is 8. The van der Waals surface area contributed by atoms with Crippen LogP contribution in [0.25, 0.3) is 0 Å². The molecule has 0 aromatic heterocycles. The average Bonchev–Trinajstić information content (AvgIpc) is 2.75. The molecule has 0 unspecified atom stereocenters. The van der Waals surface area contributed by atoms with Crippen LogP contribution in [0.5, 0.6) is 11.5 Å². The first kappa shape index (κ1) is 21.8. The van der Waals surface area contributed by atoms with E-state index < -0.39 is 4.92 Å². The molecule has 3 aromatic rings. The van der Waals surface area contributed by atoms with Crippen molar-refractivity contribution >= 4 is 17.6 Å². The third kappa shape index (κ3) is 5.57.